The van der Waals surface area contributed by atoms with Crippen LogP contribution in [0.3, 0.4) is 0 Å². The van der Waals surface area contributed by atoms with Crippen molar-refractivity contribution < 1.29 is 14.6 Å². The fraction of sp³-hybridized carbons (Fsp3) is 0.381. The van der Waals surface area contributed by atoms with Gasteiger partial charge in [0.2, 0.25) is 0 Å². The van der Waals surface area contributed by atoms with E-state index in [-0.39, 0.29) is 23.3 Å². The molecular weight excluding hydrogens is 328 g/mol. The molecule has 0 aromatic heterocycles. The van der Waals surface area contributed by atoms with Crippen molar-refractivity contribution in [2.24, 2.45) is 0 Å². The first kappa shape index (κ1) is 19.8. The molecule has 5 nitrogen and oxygen atoms in total. The minimum absolute atomic E-state index is 0.0794. The lowest BCUT2D eigenvalue weighted by Crippen LogP contribution is -2.45. The molecule has 2 N–H and O–H groups in total. The third kappa shape index (κ3) is 5.23. The van der Waals surface area contributed by atoms with Crippen molar-refractivity contribution in [3.63, 3.8) is 0 Å². The van der Waals surface area contributed by atoms with Gasteiger partial charge in [-0.15, -0.1) is 0 Å². The fourth-order valence-corrected chi connectivity index (χ4v) is 3.09. The number of ether oxygens (including phenoxy) is 1. The number of likely N-dealkylation sites (N-methyl/N-ethyl adjacent to an activating group) is 1. The van der Waals surface area contributed by atoms with E-state index >= 15 is 0 Å². The van der Waals surface area contributed by atoms with Gasteiger partial charge in [0.1, 0.15) is 11.5 Å². The molecule has 0 bridgehead atoms. The summed E-state index contributed by atoms with van der Waals surface area (Å²) in [6, 6.07) is 15.2. The predicted octanol–water partition coefficient (Wildman–Crippen LogP) is 3.08. The lowest BCUT2D eigenvalue weighted by molar-refractivity contribution is 0.0932. The predicted molar refractivity (Wildman–Crippen MR) is 104 cm³/mol. The van der Waals surface area contributed by atoms with Crippen molar-refractivity contribution in [2.45, 2.75) is 26.3 Å². The molecule has 26 heavy (non-hydrogen) atoms. The lowest BCUT2D eigenvalue weighted by Gasteiger charge is -2.30. The van der Waals surface area contributed by atoms with E-state index in [1.165, 1.54) is 18.7 Å². The van der Waals surface area contributed by atoms with Gasteiger partial charge in [0.15, 0.2) is 0 Å². The molecule has 1 amide bonds. The second kappa shape index (κ2) is 9.82. The van der Waals surface area contributed by atoms with Gasteiger partial charge < -0.3 is 15.2 Å². The molecule has 0 spiro atoms. The molecule has 0 radical (unpaired) electrons. The molecule has 0 saturated carbocycles. The number of aromatic hydroxyl groups is 1. The number of carbonyl (C=O) groups is 1. The van der Waals surface area contributed by atoms with Crippen molar-refractivity contribution in [2.75, 3.05) is 26.7 Å². The number of rotatable bonds is 9. The number of hydrogen-bond donors (Lipinski definition) is 2. The highest BCUT2D eigenvalue weighted by Crippen LogP contribution is 2.23. The Labute approximate surface area is 155 Å². The van der Waals surface area contributed by atoms with Crippen LogP contribution in [0.1, 0.15) is 29.8 Å². The molecule has 2 aromatic carbocycles. The van der Waals surface area contributed by atoms with Gasteiger partial charge in [-0.2, -0.15) is 0 Å². The van der Waals surface area contributed by atoms with Crippen LogP contribution in [-0.2, 0) is 6.42 Å². The van der Waals surface area contributed by atoms with E-state index in [9.17, 15) is 9.90 Å². The van der Waals surface area contributed by atoms with Crippen LogP contribution < -0.4 is 10.1 Å². The molecule has 0 saturated heterocycles. The number of benzene rings is 2. The molecule has 1 unspecified atom stereocenters. The quantitative estimate of drug-likeness (QED) is 0.725. The first-order valence-corrected chi connectivity index (χ1v) is 9.02. The Bertz CT molecular complexity index is 700. The average Bonchev–Trinajstić information content (AvgIpc) is 2.67. The number of phenolic OH excluding ortho intramolecular Hbond substituents is 1. The van der Waals surface area contributed by atoms with Gasteiger partial charge in [0.25, 0.3) is 5.91 Å². The highest BCUT2D eigenvalue weighted by Gasteiger charge is 2.19. The first-order chi connectivity index (χ1) is 12.6. The van der Waals surface area contributed by atoms with Crippen molar-refractivity contribution in [3.05, 3.63) is 59.7 Å². The third-order valence-corrected chi connectivity index (χ3v) is 4.59. The Balaban J connectivity index is 2.07. The van der Waals surface area contributed by atoms with Crippen molar-refractivity contribution in [1.82, 2.24) is 10.2 Å². The highest BCUT2D eigenvalue weighted by molar-refractivity contribution is 5.97. The SMILES string of the molecule is CCN(CC)C(CNC(=O)c1ccc(OC)cc1O)Cc1ccccc1. The van der Waals surface area contributed by atoms with Crippen LogP contribution in [0.2, 0.25) is 0 Å². The summed E-state index contributed by atoms with van der Waals surface area (Å²) in [6.45, 7) is 6.59. The smallest absolute Gasteiger partial charge is 0.255 e. The number of hydrogen-bond acceptors (Lipinski definition) is 4. The van der Waals surface area contributed by atoms with Gasteiger partial charge in [-0.3, -0.25) is 9.69 Å². The summed E-state index contributed by atoms with van der Waals surface area (Å²) < 4.78 is 5.06. The molecule has 140 valence electrons. The number of phenols is 1. The summed E-state index contributed by atoms with van der Waals surface area (Å²) in [7, 11) is 1.52. The number of nitrogens with zero attached hydrogens (tertiary/aromatic N) is 1. The van der Waals surface area contributed by atoms with E-state index < -0.39 is 0 Å². The van der Waals surface area contributed by atoms with Crippen LogP contribution in [0, 0.1) is 0 Å². The second-order valence-electron chi connectivity index (χ2n) is 6.16. The van der Waals surface area contributed by atoms with Gasteiger partial charge in [-0.1, -0.05) is 44.2 Å². The normalized spacial score (nSPS) is 12.0. The summed E-state index contributed by atoms with van der Waals surface area (Å²) in [5.41, 5.74) is 1.50. The van der Waals surface area contributed by atoms with Gasteiger partial charge in [-0.05, 0) is 37.2 Å². The maximum absolute atomic E-state index is 12.5. The fourth-order valence-electron chi connectivity index (χ4n) is 3.09. The largest absolute Gasteiger partial charge is 0.507 e. The van der Waals surface area contributed by atoms with E-state index in [4.69, 9.17) is 4.74 Å². The van der Waals surface area contributed by atoms with Crippen molar-refractivity contribution >= 4 is 5.91 Å². The Hall–Kier alpha value is -2.53. The number of carbonyl (C=O) groups excluding carboxylic acids is 1. The number of amides is 1. The Morgan fingerprint density at radius 3 is 2.42 bits per heavy atom. The topological polar surface area (TPSA) is 61.8 Å². The van der Waals surface area contributed by atoms with Crippen LogP contribution in [0.4, 0.5) is 0 Å². The Morgan fingerprint density at radius 2 is 1.85 bits per heavy atom. The molecule has 2 rings (SSSR count). The molecule has 5 heteroatoms. The summed E-state index contributed by atoms with van der Waals surface area (Å²) in [4.78, 5) is 14.8. The molecule has 0 aliphatic carbocycles. The summed E-state index contributed by atoms with van der Waals surface area (Å²) in [5.74, 6) is 0.156. The van der Waals surface area contributed by atoms with Gasteiger partial charge in [0, 0.05) is 18.7 Å². The van der Waals surface area contributed by atoms with Gasteiger partial charge in [0.05, 0.1) is 12.7 Å². The van der Waals surface area contributed by atoms with Gasteiger partial charge in [-0.25, -0.2) is 0 Å². The van der Waals surface area contributed by atoms with E-state index in [0.717, 1.165) is 19.5 Å². The van der Waals surface area contributed by atoms with Gasteiger partial charge >= 0.3 is 0 Å². The maximum atomic E-state index is 12.5. The zero-order chi connectivity index (χ0) is 18.9. The molecule has 0 aliphatic heterocycles. The van der Waals surface area contributed by atoms with Crippen LogP contribution >= 0.6 is 0 Å². The number of methoxy groups -OCH3 is 1. The third-order valence-electron chi connectivity index (χ3n) is 4.59. The summed E-state index contributed by atoms with van der Waals surface area (Å²) in [5, 5.41) is 13.0. The standard InChI is InChI=1S/C21H28N2O3/c1-4-23(5-2)17(13-16-9-7-6-8-10-16)15-22-21(25)19-12-11-18(26-3)14-20(19)24/h6-12,14,17,24H,4-5,13,15H2,1-3H3,(H,22,25). The zero-order valence-corrected chi connectivity index (χ0v) is 15.7. The molecule has 2 aromatic rings. The van der Waals surface area contributed by atoms with Crippen LogP contribution in [0.5, 0.6) is 11.5 Å². The van der Waals surface area contributed by atoms with Crippen LogP contribution in [0.25, 0.3) is 0 Å². The molecule has 1 atom stereocenters. The zero-order valence-electron chi connectivity index (χ0n) is 15.7. The van der Waals surface area contributed by atoms with E-state index in [1.54, 1.807) is 12.1 Å². The monoisotopic (exact) mass is 356 g/mol. The molecule has 0 fully saturated rings. The van der Waals surface area contributed by atoms with E-state index in [2.05, 4.69) is 36.2 Å². The Morgan fingerprint density at radius 1 is 1.15 bits per heavy atom. The summed E-state index contributed by atoms with van der Waals surface area (Å²) in [6.07, 6.45) is 0.859. The minimum Gasteiger partial charge on any atom is -0.507 e. The van der Waals surface area contributed by atoms with E-state index in [1.807, 2.05) is 18.2 Å². The highest BCUT2D eigenvalue weighted by atomic mass is 16.5. The van der Waals surface area contributed by atoms with Crippen molar-refractivity contribution in [3.8, 4) is 11.5 Å². The maximum Gasteiger partial charge on any atom is 0.255 e. The van der Waals surface area contributed by atoms with Crippen molar-refractivity contribution in [1.29, 1.82) is 0 Å². The minimum atomic E-state index is -0.282. The average molecular weight is 356 g/mol. The second-order valence-corrected chi connectivity index (χ2v) is 6.16. The lowest BCUT2D eigenvalue weighted by atomic mass is 10.0. The number of nitrogens with one attached hydrogen (secondary N) is 1. The molecular formula is C21H28N2O3. The molecule has 0 aliphatic rings. The molecule has 0 heterocycles. The van der Waals surface area contributed by atoms with E-state index in [0.29, 0.717) is 12.3 Å². The summed E-state index contributed by atoms with van der Waals surface area (Å²) >= 11 is 0. The van der Waals surface area contributed by atoms with Crippen LogP contribution in [-0.4, -0.2) is 48.7 Å². The Kier molecular flexibility index (Phi) is 7.48. The van der Waals surface area contributed by atoms with Crippen LogP contribution in [0.15, 0.2) is 48.5 Å². The first-order valence-electron chi connectivity index (χ1n) is 9.02.